The predicted molar refractivity (Wildman–Crippen MR) is 74.6 cm³/mol. The Morgan fingerprint density at radius 3 is 2.78 bits per heavy atom. The van der Waals surface area contributed by atoms with Crippen LogP contribution in [0.1, 0.15) is 5.56 Å². The van der Waals surface area contributed by atoms with Gasteiger partial charge >= 0.3 is 5.69 Å². The second kappa shape index (κ2) is 5.42. The van der Waals surface area contributed by atoms with E-state index in [1.54, 1.807) is 30.4 Å². The number of hydrogen-bond acceptors (Lipinski definition) is 2. The molecule has 0 saturated carbocycles. The number of alkyl halides is 2. The standard InChI is InChI=1S/C12H10Cl2N2O2/c13-6-8(14)3-1-7-2-4-9-10(5-7)15-12(18)16-11(9)17/h1-5,8H,6H2,(H2,15,16,17,18). The van der Waals surface area contributed by atoms with E-state index in [0.717, 1.165) is 5.56 Å². The Bertz CT molecular complexity index is 703. The van der Waals surface area contributed by atoms with Gasteiger partial charge in [-0.05, 0) is 17.7 Å². The monoisotopic (exact) mass is 284 g/mol. The average Bonchev–Trinajstić information content (AvgIpc) is 2.35. The van der Waals surface area contributed by atoms with Gasteiger partial charge in [0.25, 0.3) is 5.56 Å². The minimum Gasteiger partial charge on any atom is -0.307 e. The number of H-pyrrole nitrogens is 2. The van der Waals surface area contributed by atoms with Crippen LogP contribution in [0.3, 0.4) is 0 Å². The molecule has 0 spiro atoms. The van der Waals surface area contributed by atoms with Crippen molar-refractivity contribution in [3.05, 3.63) is 50.7 Å². The first-order valence-corrected chi connectivity index (χ1v) is 6.22. The van der Waals surface area contributed by atoms with Gasteiger partial charge in [0.15, 0.2) is 0 Å². The van der Waals surface area contributed by atoms with E-state index < -0.39 is 11.2 Å². The Balaban J connectivity index is 2.48. The summed E-state index contributed by atoms with van der Waals surface area (Å²) in [5.41, 5.74) is 0.396. The van der Waals surface area contributed by atoms with Gasteiger partial charge in [0, 0.05) is 5.88 Å². The zero-order valence-corrected chi connectivity index (χ0v) is 10.8. The van der Waals surface area contributed by atoms with Crippen LogP contribution in [0.5, 0.6) is 0 Å². The van der Waals surface area contributed by atoms with Crippen molar-refractivity contribution in [2.75, 3.05) is 5.88 Å². The molecule has 2 rings (SSSR count). The molecule has 6 heteroatoms. The summed E-state index contributed by atoms with van der Waals surface area (Å²) in [6, 6.07) is 5.12. The SMILES string of the molecule is O=c1[nH]c(=O)c2ccc(C=CC(Cl)CCl)cc2[nH]1. The minimum atomic E-state index is -0.524. The van der Waals surface area contributed by atoms with Crippen molar-refractivity contribution in [1.82, 2.24) is 9.97 Å². The maximum Gasteiger partial charge on any atom is 0.326 e. The summed E-state index contributed by atoms with van der Waals surface area (Å²) in [5, 5.41) is 0.187. The van der Waals surface area contributed by atoms with Gasteiger partial charge in [-0.25, -0.2) is 4.79 Å². The first kappa shape index (κ1) is 12.9. The molecule has 0 radical (unpaired) electrons. The smallest absolute Gasteiger partial charge is 0.307 e. The van der Waals surface area contributed by atoms with E-state index in [9.17, 15) is 9.59 Å². The number of benzene rings is 1. The number of aromatic nitrogens is 2. The van der Waals surface area contributed by atoms with Crippen LogP contribution in [-0.2, 0) is 0 Å². The van der Waals surface area contributed by atoms with Crippen LogP contribution in [-0.4, -0.2) is 21.2 Å². The normalized spacial score (nSPS) is 13.2. The first-order valence-electron chi connectivity index (χ1n) is 5.25. The quantitative estimate of drug-likeness (QED) is 0.848. The van der Waals surface area contributed by atoms with Crippen LogP contribution >= 0.6 is 23.2 Å². The minimum absolute atomic E-state index is 0.249. The molecule has 1 heterocycles. The number of rotatable bonds is 3. The van der Waals surface area contributed by atoms with Gasteiger partial charge in [-0.1, -0.05) is 18.2 Å². The first-order chi connectivity index (χ1) is 8.60. The maximum atomic E-state index is 11.5. The fourth-order valence-electron chi connectivity index (χ4n) is 1.56. The Morgan fingerprint density at radius 2 is 2.06 bits per heavy atom. The zero-order chi connectivity index (χ0) is 13.1. The summed E-state index contributed by atoms with van der Waals surface area (Å²) >= 11 is 11.4. The fraction of sp³-hybridized carbons (Fsp3) is 0.167. The van der Waals surface area contributed by atoms with Gasteiger partial charge in [-0.2, -0.15) is 0 Å². The van der Waals surface area contributed by atoms with Crippen LogP contribution in [0, 0.1) is 0 Å². The van der Waals surface area contributed by atoms with Gasteiger partial charge in [-0.15, -0.1) is 23.2 Å². The van der Waals surface area contributed by atoms with Crippen LogP contribution < -0.4 is 11.2 Å². The van der Waals surface area contributed by atoms with Crippen molar-refractivity contribution >= 4 is 40.2 Å². The van der Waals surface area contributed by atoms with Gasteiger partial charge in [0.2, 0.25) is 0 Å². The molecule has 1 aromatic carbocycles. The number of fused-ring (bicyclic) bond motifs is 1. The number of hydrogen-bond donors (Lipinski definition) is 2. The molecule has 1 atom stereocenters. The summed E-state index contributed by atoms with van der Waals surface area (Å²) in [6.45, 7) is 0. The Kier molecular flexibility index (Phi) is 3.89. The lowest BCUT2D eigenvalue weighted by atomic mass is 10.1. The Labute approximate surface area is 112 Å². The van der Waals surface area contributed by atoms with Crippen molar-refractivity contribution in [3.63, 3.8) is 0 Å². The molecular weight excluding hydrogens is 275 g/mol. The lowest BCUT2D eigenvalue weighted by Crippen LogP contribution is -2.21. The molecule has 2 N–H and O–H groups in total. The van der Waals surface area contributed by atoms with Crippen molar-refractivity contribution in [3.8, 4) is 0 Å². The largest absolute Gasteiger partial charge is 0.326 e. The van der Waals surface area contributed by atoms with Gasteiger partial charge in [0.05, 0.1) is 16.3 Å². The van der Waals surface area contributed by atoms with E-state index in [4.69, 9.17) is 23.2 Å². The van der Waals surface area contributed by atoms with Crippen molar-refractivity contribution in [2.45, 2.75) is 5.38 Å². The molecule has 1 aromatic heterocycles. The Hall–Kier alpha value is -1.52. The zero-order valence-electron chi connectivity index (χ0n) is 9.24. The van der Waals surface area contributed by atoms with Gasteiger partial charge < -0.3 is 4.98 Å². The molecule has 18 heavy (non-hydrogen) atoms. The molecule has 0 fully saturated rings. The van der Waals surface area contributed by atoms with Gasteiger partial charge in [-0.3, -0.25) is 9.78 Å². The summed E-state index contributed by atoms with van der Waals surface area (Å²) in [5.74, 6) is 0.322. The van der Waals surface area contributed by atoms with Crippen molar-refractivity contribution in [2.24, 2.45) is 0 Å². The molecule has 94 valence electrons. The molecule has 2 aromatic rings. The molecule has 1 unspecified atom stereocenters. The summed E-state index contributed by atoms with van der Waals surface area (Å²) in [6.07, 6.45) is 3.54. The highest BCUT2D eigenvalue weighted by molar-refractivity contribution is 6.29. The number of allylic oxidation sites excluding steroid dienone is 1. The summed E-state index contributed by atoms with van der Waals surface area (Å²) in [4.78, 5) is 27.4. The average molecular weight is 285 g/mol. The number of halogens is 2. The third-order valence-corrected chi connectivity index (χ3v) is 3.20. The summed E-state index contributed by atoms with van der Waals surface area (Å²) < 4.78 is 0. The second-order valence-corrected chi connectivity index (χ2v) is 4.61. The second-order valence-electron chi connectivity index (χ2n) is 3.74. The number of aromatic amines is 2. The highest BCUT2D eigenvalue weighted by Crippen LogP contribution is 2.12. The van der Waals surface area contributed by atoms with Crippen molar-refractivity contribution in [1.29, 1.82) is 0 Å². The topological polar surface area (TPSA) is 65.7 Å². The number of nitrogens with one attached hydrogen (secondary N) is 2. The van der Waals surface area contributed by atoms with Crippen molar-refractivity contribution < 1.29 is 0 Å². The van der Waals surface area contributed by atoms with E-state index in [1.165, 1.54) is 0 Å². The molecule has 0 saturated heterocycles. The molecular formula is C12H10Cl2N2O2. The van der Waals surface area contributed by atoms with Crippen LogP contribution in [0.2, 0.25) is 0 Å². The molecule has 0 aliphatic heterocycles. The summed E-state index contributed by atoms with van der Waals surface area (Å²) in [7, 11) is 0. The van der Waals surface area contributed by atoms with E-state index >= 15 is 0 Å². The van der Waals surface area contributed by atoms with Crippen LogP contribution in [0.25, 0.3) is 17.0 Å². The van der Waals surface area contributed by atoms with E-state index in [1.807, 2.05) is 0 Å². The Morgan fingerprint density at radius 1 is 1.28 bits per heavy atom. The maximum absolute atomic E-state index is 11.5. The highest BCUT2D eigenvalue weighted by Gasteiger charge is 2.01. The fourth-order valence-corrected chi connectivity index (χ4v) is 1.73. The molecule has 4 nitrogen and oxygen atoms in total. The molecule has 0 aliphatic rings. The lowest BCUT2D eigenvalue weighted by Gasteiger charge is -1.99. The van der Waals surface area contributed by atoms with E-state index in [0.29, 0.717) is 16.8 Å². The molecule has 0 bridgehead atoms. The predicted octanol–water partition coefficient (Wildman–Crippen LogP) is 2.08. The third-order valence-electron chi connectivity index (χ3n) is 2.41. The molecule has 0 amide bonds. The van der Waals surface area contributed by atoms with E-state index in [2.05, 4.69) is 9.97 Å². The third kappa shape index (κ3) is 2.83. The lowest BCUT2D eigenvalue weighted by molar-refractivity contribution is 1.08. The van der Waals surface area contributed by atoms with E-state index in [-0.39, 0.29) is 5.38 Å². The van der Waals surface area contributed by atoms with Gasteiger partial charge in [0.1, 0.15) is 0 Å². The molecule has 0 aliphatic carbocycles. The van der Waals surface area contributed by atoms with Crippen LogP contribution in [0.15, 0.2) is 33.9 Å². The van der Waals surface area contributed by atoms with Crippen LogP contribution in [0.4, 0.5) is 0 Å². The highest BCUT2D eigenvalue weighted by atomic mass is 35.5.